The highest BCUT2D eigenvalue weighted by molar-refractivity contribution is 5.95. The fourth-order valence-electron chi connectivity index (χ4n) is 3.54. The summed E-state index contributed by atoms with van der Waals surface area (Å²) < 4.78 is 45.3. The van der Waals surface area contributed by atoms with Crippen molar-refractivity contribution < 1.29 is 37.9 Å². The van der Waals surface area contributed by atoms with Gasteiger partial charge in [0.2, 0.25) is 0 Å². The number of terminal acetylenes is 4. The van der Waals surface area contributed by atoms with E-state index in [-0.39, 0.29) is 26.4 Å². The summed E-state index contributed by atoms with van der Waals surface area (Å²) in [6, 6.07) is 7.84. The lowest BCUT2D eigenvalue weighted by Crippen LogP contribution is -2.11. The van der Waals surface area contributed by atoms with Crippen LogP contribution in [-0.2, 0) is 41.6 Å². The van der Waals surface area contributed by atoms with Gasteiger partial charge in [0.25, 0.3) is 0 Å². The van der Waals surface area contributed by atoms with Crippen LogP contribution in [0.4, 0.5) is 0 Å². The first kappa shape index (κ1) is 32.5. The van der Waals surface area contributed by atoms with Crippen molar-refractivity contribution in [2.45, 2.75) is 13.2 Å². The Morgan fingerprint density at radius 1 is 0.425 bits per heavy atom. The number of benzene rings is 2. The van der Waals surface area contributed by atoms with Crippen LogP contribution in [0.5, 0.6) is 11.5 Å². The zero-order valence-corrected chi connectivity index (χ0v) is 22.8. The monoisotopic (exact) mass is 548 g/mol. The molecule has 0 fully saturated rings. The van der Waals surface area contributed by atoms with Crippen LogP contribution < -0.4 is 9.47 Å². The van der Waals surface area contributed by atoms with Crippen molar-refractivity contribution in [1.82, 2.24) is 0 Å². The zero-order valence-electron chi connectivity index (χ0n) is 22.8. The van der Waals surface area contributed by atoms with Crippen LogP contribution in [0, 0.1) is 49.4 Å². The van der Waals surface area contributed by atoms with E-state index in [0.29, 0.717) is 77.6 Å². The lowest BCUT2D eigenvalue weighted by atomic mass is 10.0. The second-order valence-electron chi connectivity index (χ2n) is 8.03. The van der Waals surface area contributed by atoms with E-state index in [0.717, 1.165) is 21.9 Å². The maximum absolute atomic E-state index is 6.18. The standard InChI is InChI=1S/C32H36O8/c1-5-13-33-17-19-37-25-27-9-11-30-29(31(27)39-23-21-35-15-7-3)12-10-28(26-38-20-18-34-14-6-2)32(30)40-24-22-36-16-8-4/h1-4,9-12H,13-26H2. The first-order valence-corrected chi connectivity index (χ1v) is 12.8. The molecule has 0 aromatic heterocycles. The molecule has 0 atom stereocenters. The van der Waals surface area contributed by atoms with E-state index in [1.54, 1.807) is 0 Å². The smallest absolute Gasteiger partial charge is 0.132 e. The topological polar surface area (TPSA) is 73.8 Å². The number of ether oxygens (including phenoxy) is 8. The summed E-state index contributed by atoms with van der Waals surface area (Å²) >= 11 is 0. The highest BCUT2D eigenvalue weighted by atomic mass is 16.5. The summed E-state index contributed by atoms with van der Waals surface area (Å²) in [5, 5.41) is 1.70. The molecule has 212 valence electrons. The summed E-state index contributed by atoms with van der Waals surface area (Å²) in [5.41, 5.74) is 1.72. The van der Waals surface area contributed by atoms with Gasteiger partial charge in [-0.2, -0.15) is 0 Å². The molecule has 0 heterocycles. The number of rotatable bonds is 22. The number of hydrogen-bond donors (Lipinski definition) is 0. The van der Waals surface area contributed by atoms with E-state index >= 15 is 0 Å². The summed E-state index contributed by atoms with van der Waals surface area (Å²) in [5.74, 6) is 11.1. The Hall–Kier alpha value is -3.70. The lowest BCUT2D eigenvalue weighted by Gasteiger charge is -2.19. The minimum Gasteiger partial charge on any atom is -0.490 e. The molecular weight excluding hydrogens is 512 g/mol. The van der Waals surface area contributed by atoms with Crippen molar-refractivity contribution >= 4 is 10.8 Å². The summed E-state index contributed by atoms with van der Waals surface area (Å²) in [6.45, 7) is 4.38. The van der Waals surface area contributed by atoms with E-state index in [1.807, 2.05) is 24.3 Å². The molecule has 2 aromatic carbocycles. The molecule has 40 heavy (non-hydrogen) atoms. The van der Waals surface area contributed by atoms with Gasteiger partial charge < -0.3 is 37.9 Å². The molecule has 8 heteroatoms. The fraction of sp³-hybridized carbons (Fsp3) is 0.438. The third kappa shape index (κ3) is 12.0. The van der Waals surface area contributed by atoms with Crippen molar-refractivity contribution in [1.29, 1.82) is 0 Å². The SMILES string of the molecule is C#CCOCCOCc1ccc2c(OCCOCC#C)c(COCCOCC#C)ccc2c1OCCOCC#C. The first-order chi connectivity index (χ1) is 19.8. The predicted octanol–water partition coefficient (Wildman–Crippen LogP) is 3.23. The van der Waals surface area contributed by atoms with Crippen LogP contribution >= 0.6 is 0 Å². The van der Waals surface area contributed by atoms with Crippen molar-refractivity contribution in [2.75, 3.05) is 79.3 Å². The molecule has 0 radical (unpaired) electrons. The largest absolute Gasteiger partial charge is 0.490 e. The average molecular weight is 549 g/mol. The molecular formula is C32H36O8. The van der Waals surface area contributed by atoms with Gasteiger partial charge in [-0.3, -0.25) is 0 Å². The normalized spacial score (nSPS) is 10.4. The van der Waals surface area contributed by atoms with Gasteiger partial charge in [0, 0.05) is 21.9 Å². The zero-order chi connectivity index (χ0) is 28.7. The third-order valence-corrected chi connectivity index (χ3v) is 5.21. The van der Waals surface area contributed by atoms with Gasteiger partial charge >= 0.3 is 0 Å². The van der Waals surface area contributed by atoms with Crippen LogP contribution in [0.25, 0.3) is 10.8 Å². The highest BCUT2D eigenvalue weighted by Crippen LogP contribution is 2.38. The first-order valence-electron chi connectivity index (χ1n) is 12.8. The molecule has 0 bridgehead atoms. The molecule has 0 saturated carbocycles. The van der Waals surface area contributed by atoms with Gasteiger partial charge in [0.15, 0.2) is 0 Å². The molecule has 8 nitrogen and oxygen atoms in total. The van der Waals surface area contributed by atoms with Crippen molar-refractivity contribution in [3.8, 4) is 60.9 Å². The molecule has 2 aromatic rings. The summed E-state index contributed by atoms with van der Waals surface area (Å²) in [7, 11) is 0. The van der Waals surface area contributed by atoms with E-state index in [2.05, 4.69) is 23.7 Å². The van der Waals surface area contributed by atoms with Crippen LogP contribution in [0.2, 0.25) is 0 Å². The Morgan fingerprint density at radius 2 is 0.750 bits per heavy atom. The van der Waals surface area contributed by atoms with Crippen molar-refractivity contribution in [3.05, 3.63) is 35.4 Å². The van der Waals surface area contributed by atoms with Gasteiger partial charge in [-0.15, -0.1) is 25.7 Å². The average Bonchev–Trinajstić information content (AvgIpc) is 2.97. The van der Waals surface area contributed by atoms with E-state index in [9.17, 15) is 0 Å². The quantitative estimate of drug-likeness (QED) is 0.164. The second-order valence-corrected chi connectivity index (χ2v) is 8.03. The minimum absolute atomic E-state index is 0.212. The number of fused-ring (bicyclic) bond motifs is 1. The summed E-state index contributed by atoms with van der Waals surface area (Å²) in [6.07, 6.45) is 21.0. The van der Waals surface area contributed by atoms with Gasteiger partial charge in [-0.05, 0) is 0 Å². The Morgan fingerprint density at radius 3 is 1.10 bits per heavy atom. The Bertz CT molecular complexity index is 1090. The maximum Gasteiger partial charge on any atom is 0.132 e. The fourth-order valence-corrected chi connectivity index (χ4v) is 3.54. The highest BCUT2D eigenvalue weighted by Gasteiger charge is 2.16. The van der Waals surface area contributed by atoms with Crippen molar-refractivity contribution in [2.24, 2.45) is 0 Å². The van der Waals surface area contributed by atoms with Crippen molar-refractivity contribution in [3.63, 3.8) is 0 Å². The van der Waals surface area contributed by atoms with E-state index in [1.165, 1.54) is 0 Å². The Kier molecular flexibility index (Phi) is 17.2. The number of hydrogen-bond acceptors (Lipinski definition) is 8. The summed E-state index contributed by atoms with van der Waals surface area (Å²) in [4.78, 5) is 0. The molecule has 0 aliphatic rings. The molecule has 2 rings (SSSR count). The second kappa shape index (κ2) is 21.2. The van der Waals surface area contributed by atoms with Crippen LogP contribution in [0.15, 0.2) is 24.3 Å². The molecule has 0 aliphatic heterocycles. The van der Waals surface area contributed by atoms with Gasteiger partial charge in [0.05, 0.1) is 52.9 Å². The predicted molar refractivity (Wildman–Crippen MR) is 153 cm³/mol. The van der Waals surface area contributed by atoms with Crippen LogP contribution in [0.3, 0.4) is 0 Å². The van der Waals surface area contributed by atoms with Gasteiger partial charge in [-0.1, -0.05) is 47.9 Å². The van der Waals surface area contributed by atoms with E-state index < -0.39 is 0 Å². The van der Waals surface area contributed by atoms with Crippen LogP contribution in [0.1, 0.15) is 11.1 Å². The minimum atomic E-state index is 0.212. The Labute approximate surface area is 237 Å². The molecule has 0 spiro atoms. The molecule has 0 saturated heterocycles. The Balaban J connectivity index is 2.29. The lowest BCUT2D eigenvalue weighted by molar-refractivity contribution is 0.0505. The van der Waals surface area contributed by atoms with E-state index in [4.69, 9.17) is 63.6 Å². The maximum atomic E-state index is 6.18. The third-order valence-electron chi connectivity index (χ3n) is 5.21. The molecule has 0 aliphatic carbocycles. The molecule has 0 unspecified atom stereocenters. The molecule has 0 N–H and O–H groups in total. The van der Waals surface area contributed by atoms with Gasteiger partial charge in [-0.25, -0.2) is 0 Å². The molecule has 0 amide bonds. The van der Waals surface area contributed by atoms with Crippen LogP contribution in [-0.4, -0.2) is 79.3 Å². The van der Waals surface area contributed by atoms with Gasteiger partial charge in [0.1, 0.15) is 51.1 Å².